The SMILES string of the molecule is O=C(O)c1ccc(CNC(=O)c2cc(-c3cccc(F)c3)cc3noc(Cc4ccc5ccccc5c4)c23)cc1. The van der Waals surface area contributed by atoms with Crippen LogP contribution in [0.25, 0.3) is 32.8 Å². The van der Waals surface area contributed by atoms with Crippen LogP contribution in [0, 0.1) is 5.82 Å². The molecule has 1 amide bonds. The topological polar surface area (TPSA) is 92.4 Å². The van der Waals surface area contributed by atoms with Crippen LogP contribution in [-0.2, 0) is 13.0 Å². The molecular weight excluding hydrogens is 507 g/mol. The highest BCUT2D eigenvalue weighted by molar-refractivity contribution is 6.08. The van der Waals surface area contributed by atoms with E-state index in [2.05, 4.69) is 28.7 Å². The third-order valence-corrected chi connectivity index (χ3v) is 6.89. The summed E-state index contributed by atoms with van der Waals surface area (Å²) >= 11 is 0. The molecule has 0 saturated heterocycles. The van der Waals surface area contributed by atoms with Gasteiger partial charge in [-0.25, -0.2) is 9.18 Å². The fourth-order valence-electron chi connectivity index (χ4n) is 4.85. The number of carboxylic acid groups (broad SMARTS) is 1. The van der Waals surface area contributed by atoms with Gasteiger partial charge >= 0.3 is 5.97 Å². The highest BCUT2D eigenvalue weighted by atomic mass is 19.1. The lowest BCUT2D eigenvalue weighted by Gasteiger charge is -2.10. The summed E-state index contributed by atoms with van der Waals surface area (Å²) in [6, 6.07) is 30.2. The predicted molar refractivity (Wildman–Crippen MR) is 151 cm³/mol. The van der Waals surface area contributed by atoms with Crippen LogP contribution in [0.4, 0.5) is 4.39 Å². The number of benzene rings is 5. The number of halogens is 1. The third kappa shape index (κ3) is 5.05. The summed E-state index contributed by atoms with van der Waals surface area (Å²) in [7, 11) is 0. The van der Waals surface area contributed by atoms with Gasteiger partial charge in [0, 0.05) is 13.0 Å². The molecule has 196 valence electrons. The molecule has 0 unspecified atom stereocenters. The minimum absolute atomic E-state index is 0.169. The van der Waals surface area contributed by atoms with Gasteiger partial charge in [0.2, 0.25) is 0 Å². The van der Waals surface area contributed by atoms with Crippen molar-refractivity contribution in [3.63, 3.8) is 0 Å². The molecule has 0 aliphatic rings. The number of rotatable bonds is 7. The van der Waals surface area contributed by atoms with E-state index in [4.69, 9.17) is 9.63 Å². The number of carbonyl (C=O) groups is 2. The third-order valence-electron chi connectivity index (χ3n) is 6.89. The Bertz CT molecular complexity index is 1890. The Labute approximate surface area is 228 Å². The van der Waals surface area contributed by atoms with Gasteiger partial charge in [-0.05, 0) is 69.4 Å². The monoisotopic (exact) mass is 530 g/mol. The van der Waals surface area contributed by atoms with Crippen molar-refractivity contribution in [2.45, 2.75) is 13.0 Å². The van der Waals surface area contributed by atoms with E-state index in [-0.39, 0.29) is 23.8 Å². The van der Waals surface area contributed by atoms with Crippen molar-refractivity contribution in [2.24, 2.45) is 0 Å². The molecular formula is C33H23FN2O4. The van der Waals surface area contributed by atoms with Gasteiger partial charge in [0.15, 0.2) is 0 Å². The Morgan fingerprint density at radius 1 is 0.800 bits per heavy atom. The summed E-state index contributed by atoms with van der Waals surface area (Å²) in [5.41, 5.74) is 4.02. The first-order valence-corrected chi connectivity index (χ1v) is 12.7. The number of carboxylic acids is 1. The first kappa shape index (κ1) is 25.0. The van der Waals surface area contributed by atoms with Gasteiger partial charge in [-0.15, -0.1) is 0 Å². The van der Waals surface area contributed by atoms with Crippen LogP contribution in [0.3, 0.4) is 0 Å². The van der Waals surface area contributed by atoms with Crippen molar-refractivity contribution in [3.8, 4) is 11.1 Å². The number of hydrogen-bond acceptors (Lipinski definition) is 4. The average Bonchev–Trinajstić information content (AvgIpc) is 3.38. The van der Waals surface area contributed by atoms with Gasteiger partial charge in [-0.2, -0.15) is 0 Å². The highest BCUT2D eigenvalue weighted by Crippen LogP contribution is 2.32. The molecule has 0 atom stereocenters. The maximum Gasteiger partial charge on any atom is 0.335 e. The van der Waals surface area contributed by atoms with Crippen LogP contribution in [0.1, 0.15) is 37.6 Å². The van der Waals surface area contributed by atoms with E-state index < -0.39 is 5.97 Å². The molecule has 0 fully saturated rings. The maximum atomic E-state index is 14.0. The van der Waals surface area contributed by atoms with Gasteiger partial charge in [-0.1, -0.05) is 71.9 Å². The molecule has 40 heavy (non-hydrogen) atoms. The van der Waals surface area contributed by atoms with Gasteiger partial charge in [0.25, 0.3) is 5.91 Å². The Morgan fingerprint density at radius 2 is 1.57 bits per heavy atom. The lowest BCUT2D eigenvalue weighted by atomic mass is 9.96. The lowest BCUT2D eigenvalue weighted by molar-refractivity contribution is 0.0696. The van der Waals surface area contributed by atoms with E-state index in [9.17, 15) is 14.0 Å². The minimum Gasteiger partial charge on any atom is -0.478 e. The van der Waals surface area contributed by atoms with Crippen molar-refractivity contribution in [1.82, 2.24) is 10.5 Å². The molecule has 6 nitrogen and oxygen atoms in total. The predicted octanol–water partition coefficient (Wildman–Crippen LogP) is 7.01. The van der Waals surface area contributed by atoms with E-state index in [1.807, 2.05) is 24.3 Å². The standard InChI is InChI=1S/C33H23FN2O4/c34-27-7-3-6-25(16-27)26-17-28(32(37)35-19-20-8-12-23(13-9-20)33(38)39)31-29(18-26)36-40-30(31)15-21-10-11-22-4-1-2-5-24(22)14-21/h1-14,16-18H,15,19H2,(H,35,37)(H,38,39). The van der Waals surface area contributed by atoms with Crippen LogP contribution in [-0.4, -0.2) is 22.1 Å². The van der Waals surface area contributed by atoms with E-state index in [1.54, 1.807) is 36.4 Å². The second kappa shape index (κ2) is 10.5. The van der Waals surface area contributed by atoms with Crippen LogP contribution < -0.4 is 5.32 Å². The largest absolute Gasteiger partial charge is 0.478 e. The molecule has 1 heterocycles. The summed E-state index contributed by atoms with van der Waals surface area (Å²) in [5.74, 6) is -1.20. The number of aromatic nitrogens is 1. The molecule has 7 heteroatoms. The molecule has 5 aromatic carbocycles. The van der Waals surface area contributed by atoms with Gasteiger partial charge in [-0.3, -0.25) is 4.79 Å². The van der Waals surface area contributed by atoms with Crippen LogP contribution in [0.15, 0.2) is 108 Å². The number of amides is 1. The smallest absolute Gasteiger partial charge is 0.335 e. The normalized spacial score (nSPS) is 11.1. The number of aromatic carboxylic acids is 1. The zero-order chi connectivity index (χ0) is 27.6. The molecule has 0 radical (unpaired) electrons. The Kier molecular flexibility index (Phi) is 6.54. The summed E-state index contributed by atoms with van der Waals surface area (Å²) in [6.07, 6.45) is 0.428. The Hall–Kier alpha value is -5.30. The number of hydrogen-bond donors (Lipinski definition) is 2. The minimum atomic E-state index is -1.02. The second-order valence-corrected chi connectivity index (χ2v) is 9.58. The zero-order valence-electron chi connectivity index (χ0n) is 21.2. The average molecular weight is 531 g/mol. The highest BCUT2D eigenvalue weighted by Gasteiger charge is 2.20. The van der Waals surface area contributed by atoms with Crippen molar-refractivity contribution >= 4 is 33.6 Å². The van der Waals surface area contributed by atoms with Crippen LogP contribution >= 0.6 is 0 Å². The Balaban J connectivity index is 1.38. The first-order valence-electron chi connectivity index (χ1n) is 12.7. The fraction of sp³-hybridized carbons (Fsp3) is 0.0606. The van der Waals surface area contributed by atoms with Gasteiger partial charge < -0.3 is 14.9 Å². The molecule has 6 rings (SSSR count). The van der Waals surface area contributed by atoms with E-state index in [1.165, 1.54) is 24.3 Å². The van der Waals surface area contributed by atoms with Crippen LogP contribution in [0.2, 0.25) is 0 Å². The number of nitrogens with one attached hydrogen (secondary N) is 1. The van der Waals surface area contributed by atoms with Crippen molar-refractivity contribution < 1.29 is 23.6 Å². The molecule has 0 aliphatic carbocycles. The second-order valence-electron chi connectivity index (χ2n) is 9.58. The van der Waals surface area contributed by atoms with Gasteiger partial charge in [0.1, 0.15) is 17.1 Å². The molecule has 2 N–H and O–H groups in total. The molecule has 0 aliphatic heterocycles. The first-order chi connectivity index (χ1) is 19.4. The van der Waals surface area contributed by atoms with Crippen molar-refractivity contribution in [1.29, 1.82) is 0 Å². The quantitative estimate of drug-likeness (QED) is 0.232. The molecule has 6 aromatic rings. The van der Waals surface area contributed by atoms with Crippen molar-refractivity contribution in [2.75, 3.05) is 0 Å². The van der Waals surface area contributed by atoms with Crippen LogP contribution in [0.5, 0.6) is 0 Å². The number of fused-ring (bicyclic) bond motifs is 2. The molecule has 0 bridgehead atoms. The Morgan fingerprint density at radius 3 is 2.35 bits per heavy atom. The number of nitrogens with zero attached hydrogens (tertiary/aromatic N) is 1. The zero-order valence-corrected chi connectivity index (χ0v) is 21.2. The van der Waals surface area contributed by atoms with E-state index in [0.717, 1.165) is 21.9 Å². The fourth-order valence-corrected chi connectivity index (χ4v) is 4.85. The van der Waals surface area contributed by atoms with Gasteiger partial charge in [0.05, 0.1) is 16.5 Å². The van der Waals surface area contributed by atoms with Crippen molar-refractivity contribution in [3.05, 3.63) is 137 Å². The summed E-state index contributed by atoms with van der Waals surface area (Å²) in [4.78, 5) is 24.7. The molecule has 0 spiro atoms. The molecule has 0 saturated carbocycles. The summed E-state index contributed by atoms with van der Waals surface area (Å²) < 4.78 is 19.8. The lowest BCUT2D eigenvalue weighted by Crippen LogP contribution is -2.23. The maximum absolute atomic E-state index is 14.0. The summed E-state index contributed by atoms with van der Waals surface area (Å²) in [6.45, 7) is 0.190. The molecule has 1 aromatic heterocycles. The summed E-state index contributed by atoms with van der Waals surface area (Å²) in [5, 5.41) is 19.1. The van der Waals surface area contributed by atoms with E-state index >= 15 is 0 Å². The number of carbonyl (C=O) groups excluding carboxylic acids is 1. The van der Waals surface area contributed by atoms with E-state index in [0.29, 0.717) is 39.8 Å².